The van der Waals surface area contributed by atoms with Crippen molar-refractivity contribution >= 4 is 11.9 Å². The van der Waals surface area contributed by atoms with E-state index in [-0.39, 0.29) is 18.9 Å². The highest BCUT2D eigenvalue weighted by molar-refractivity contribution is 5.85. The van der Waals surface area contributed by atoms with Crippen LogP contribution in [0.15, 0.2) is 24.3 Å². The van der Waals surface area contributed by atoms with Gasteiger partial charge in [0, 0.05) is 20.1 Å². The fourth-order valence-corrected chi connectivity index (χ4v) is 2.17. The first-order valence-corrected chi connectivity index (χ1v) is 5.87. The molecule has 1 aliphatic rings. The Morgan fingerprint density at radius 1 is 1.50 bits per heavy atom. The van der Waals surface area contributed by atoms with E-state index in [4.69, 9.17) is 5.11 Å². The molecule has 0 aromatic heterocycles. The molecule has 18 heavy (non-hydrogen) atoms. The predicted octanol–water partition coefficient (Wildman–Crippen LogP) is 0.764. The fourth-order valence-electron chi connectivity index (χ4n) is 2.17. The summed E-state index contributed by atoms with van der Waals surface area (Å²) in [7, 11) is 1.75. The molecule has 1 atom stereocenters. The zero-order chi connectivity index (χ0) is 13.1. The highest BCUT2D eigenvalue weighted by Gasteiger charge is 2.30. The van der Waals surface area contributed by atoms with Crippen molar-refractivity contribution in [2.75, 3.05) is 13.6 Å². The zero-order valence-electron chi connectivity index (χ0n) is 10.2. The standard InChI is InChI=1S/C13H16N2O3/c1-15-8-9-4-2-3-5-10(9)12(13(15)18)14-7-6-11(16)17/h2-5,12,14H,6-8H2,1H3,(H,16,17). The summed E-state index contributed by atoms with van der Waals surface area (Å²) in [6.45, 7) is 0.889. The molecular formula is C13H16N2O3. The molecule has 0 fully saturated rings. The van der Waals surface area contributed by atoms with Gasteiger partial charge in [-0.2, -0.15) is 0 Å². The van der Waals surface area contributed by atoms with Crippen LogP contribution in [0.4, 0.5) is 0 Å². The Morgan fingerprint density at radius 2 is 2.22 bits per heavy atom. The molecular weight excluding hydrogens is 232 g/mol. The van der Waals surface area contributed by atoms with Crippen molar-refractivity contribution in [3.05, 3.63) is 35.4 Å². The van der Waals surface area contributed by atoms with Crippen molar-refractivity contribution in [3.8, 4) is 0 Å². The molecule has 1 aromatic rings. The molecule has 2 rings (SSSR count). The van der Waals surface area contributed by atoms with Gasteiger partial charge in [0.1, 0.15) is 6.04 Å². The first-order chi connectivity index (χ1) is 8.59. The molecule has 5 heteroatoms. The van der Waals surface area contributed by atoms with Crippen molar-refractivity contribution in [2.24, 2.45) is 0 Å². The molecule has 0 spiro atoms. The Labute approximate surface area is 105 Å². The van der Waals surface area contributed by atoms with Gasteiger partial charge in [-0.1, -0.05) is 24.3 Å². The molecule has 5 nitrogen and oxygen atoms in total. The van der Waals surface area contributed by atoms with E-state index in [2.05, 4.69) is 5.32 Å². The Kier molecular flexibility index (Phi) is 3.62. The molecule has 1 unspecified atom stereocenters. The van der Waals surface area contributed by atoms with Crippen LogP contribution in [0.3, 0.4) is 0 Å². The third kappa shape index (κ3) is 2.51. The van der Waals surface area contributed by atoms with Crippen LogP contribution in [0.5, 0.6) is 0 Å². The Morgan fingerprint density at radius 3 is 2.94 bits per heavy atom. The SMILES string of the molecule is CN1Cc2ccccc2C(NCCC(=O)O)C1=O. The number of hydrogen-bond acceptors (Lipinski definition) is 3. The summed E-state index contributed by atoms with van der Waals surface area (Å²) in [6.07, 6.45) is 0.00958. The average molecular weight is 248 g/mol. The van der Waals surface area contributed by atoms with E-state index < -0.39 is 12.0 Å². The number of nitrogens with zero attached hydrogens (tertiary/aromatic N) is 1. The van der Waals surface area contributed by atoms with Crippen LogP contribution in [0, 0.1) is 0 Å². The van der Waals surface area contributed by atoms with Gasteiger partial charge in [0.25, 0.3) is 0 Å². The van der Waals surface area contributed by atoms with Gasteiger partial charge >= 0.3 is 5.97 Å². The molecule has 0 aliphatic carbocycles. The largest absolute Gasteiger partial charge is 0.481 e. The highest BCUT2D eigenvalue weighted by atomic mass is 16.4. The van der Waals surface area contributed by atoms with Gasteiger partial charge in [0.2, 0.25) is 5.91 Å². The third-order valence-electron chi connectivity index (χ3n) is 3.08. The number of hydrogen-bond donors (Lipinski definition) is 2. The summed E-state index contributed by atoms with van der Waals surface area (Å²) < 4.78 is 0. The van der Waals surface area contributed by atoms with Gasteiger partial charge in [-0.05, 0) is 11.1 Å². The van der Waals surface area contributed by atoms with Gasteiger partial charge in [0.15, 0.2) is 0 Å². The molecule has 0 radical (unpaired) electrons. The van der Waals surface area contributed by atoms with Gasteiger partial charge < -0.3 is 15.3 Å². The van der Waals surface area contributed by atoms with Crippen molar-refractivity contribution in [1.82, 2.24) is 10.2 Å². The molecule has 0 bridgehead atoms. The summed E-state index contributed by atoms with van der Waals surface area (Å²) in [6, 6.07) is 7.31. The molecule has 0 saturated carbocycles. The normalized spacial score (nSPS) is 18.6. The number of rotatable bonds is 4. The molecule has 96 valence electrons. The van der Waals surface area contributed by atoms with Crippen molar-refractivity contribution in [2.45, 2.75) is 19.0 Å². The summed E-state index contributed by atoms with van der Waals surface area (Å²) in [5, 5.41) is 11.6. The lowest BCUT2D eigenvalue weighted by Crippen LogP contribution is -2.43. The van der Waals surface area contributed by atoms with E-state index in [1.165, 1.54) is 0 Å². The number of benzene rings is 1. The average Bonchev–Trinajstić information content (AvgIpc) is 2.33. The molecule has 1 heterocycles. The van der Waals surface area contributed by atoms with Gasteiger partial charge in [-0.25, -0.2) is 0 Å². The minimum Gasteiger partial charge on any atom is -0.481 e. The second-order valence-corrected chi connectivity index (χ2v) is 4.42. The summed E-state index contributed by atoms with van der Waals surface area (Å²) in [5.41, 5.74) is 2.05. The maximum Gasteiger partial charge on any atom is 0.304 e. The number of fused-ring (bicyclic) bond motifs is 1. The van der Waals surface area contributed by atoms with E-state index in [1.807, 2.05) is 24.3 Å². The molecule has 0 saturated heterocycles. The molecule has 2 N–H and O–H groups in total. The van der Waals surface area contributed by atoms with Crippen LogP contribution in [-0.4, -0.2) is 35.5 Å². The van der Waals surface area contributed by atoms with Gasteiger partial charge in [0.05, 0.1) is 6.42 Å². The lowest BCUT2D eigenvalue weighted by Gasteiger charge is -2.32. The Bertz CT molecular complexity index is 473. The minimum absolute atomic E-state index is 0.00958. The topological polar surface area (TPSA) is 69.6 Å². The van der Waals surface area contributed by atoms with E-state index in [0.717, 1.165) is 11.1 Å². The third-order valence-corrected chi connectivity index (χ3v) is 3.08. The van der Waals surface area contributed by atoms with E-state index in [0.29, 0.717) is 6.54 Å². The first kappa shape index (κ1) is 12.6. The Hall–Kier alpha value is -1.88. The fraction of sp³-hybridized carbons (Fsp3) is 0.385. The number of amides is 1. The highest BCUT2D eigenvalue weighted by Crippen LogP contribution is 2.26. The second kappa shape index (κ2) is 5.18. The maximum absolute atomic E-state index is 12.1. The zero-order valence-corrected chi connectivity index (χ0v) is 10.2. The lowest BCUT2D eigenvalue weighted by molar-refractivity contribution is -0.138. The van der Waals surface area contributed by atoms with Crippen LogP contribution in [-0.2, 0) is 16.1 Å². The van der Waals surface area contributed by atoms with E-state index >= 15 is 0 Å². The van der Waals surface area contributed by atoms with Crippen LogP contribution >= 0.6 is 0 Å². The van der Waals surface area contributed by atoms with Crippen molar-refractivity contribution in [1.29, 1.82) is 0 Å². The van der Waals surface area contributed by atoms with Crippen LogP contribution in [0.2, 0.25) is 0 Å². The van der Waals surface area contributed by atoms with Crippen LogP contribution < -0.4 is 5.32 Å². The van der Waals surface area contributed by atoms with Crippen LogP contribution in [0.25, 0.3) is 0 Å². The van der Waals surface area contributed by atoms with Gasteiger partial charge in [-0.3, -0.25) is 9.59 Å². The van der Waals surface area contributed by atoms with Gasteiger partial charge in [-0.15, -0.1) is 0 Å². The quantitative estimate of drug-likeness (QED) is 0.825. The van der Waals surface area contributed by atoms with Crippen molar-refractivity contribution in [3.63, 3.8) is 0 Å². The minimum atomic E-state index is -0.868. The number of carbonyl (C=O) groups is 2. The number of aliphatic carboxylic acids is 1. The Balaban J connectivity index is 2.16. The number of likely N-dealkylation sites (N-methyl/N-ethyl adjacent to an activating group) is 1. The number of carboxylic acid groups (broad SMARTS) is 1. The number of nitrogens with one attached hydrogen (secondary N) is 1. The smallest absolute Gasteiger partial charge is 0.304 e. The first-order valence-electron chi connectivity index (χ1n) is 5.87. The maximum atomic E-state index is 12.1. The van der Waals surface area contributed by atoms with Crippen LogP contribution in [0.1, 0.15) is 23.6 Å². The molecule has 1 amide bonds. The lowest BCUT2D eigenvalue weighted by atomic mass is 9.95. The van der Waals surface area contributed by atoms with E-state index in [1.54, 1.807) is 11.9 Å². The molecule has 1 aliphatic heterocycles. The molecule has 1 aromatic carbocycles. The summed E-state index contributed by atoms with van der Waals surface area (Å²) >= 11 is 0. The summed E-state index contributed by atoms with van der Waals surface area (Å²) in [4.78, 5) is 24.2. The van der Waals surface area contributed by atoms with Crippen molar-refractivity contribution < 1.29 is 14.7 Å². The summed E-state index contributed by atoms with van der Waals surface area (Å²) in [5.74, 6) is -0.883. The number of carboxylic acids is 1. The number of carbonyl (C=O) groups excluding carboxylic acids is 1. The second-order valence-electron chi connectivity index (χ2n) is 4.42. The predicted molar refractivity (Wildman–Crippen MR) is 65.9 cm³/mol. The van der Waals surface area contributed by atoms with E-state index in [9.17, 15) is 9.59 Å². The monoisotopic (exact) mass is 248 g/mol.